The molecule has 0 saturated heterocycles. The van der Waals surface area contributed by atoms with Crippen molar-refractivity contribution in [3.63, 3.8) is 0 Å². The van der Waals surface area contributed by atoms with Crippen molar-refractivity contribution in [2.24, 2.45) is 0 Å². The molecule has 0 spiro atoms. The molecule has 0 amide bonds. The molecule has 1 N–H and O–H groups in total. The van der Waals surface area contributed by atoms with Gasteiger partial charge in [0.15, 0.2) is 17.5 Å². The second-order valence-electron chi connectivity index (χ2n) is 9.42. The lowest BCUT2D eigenvalue weighted by molar-refractivity contribution is 0.0697. The van der Waals surface area contributed by atoms with Gasteiger partial charge in [-0.1, -0.05) is 6.07 Å². The minimum atomic E-state index is -1.56. The smallest absolute Gasteiger partial charge is 0.335 e. The number of carboxylic acids is 1. The molecule has 3 aromatic carbocycles. The van der Waals surface area contributed by atoms with Crippen LogP contribution in [0.1, 0.15) is 32.9 Å². The monoisotopic (exact) mass is 609 g/mol. The van der Waals surface area contributed by atoms with Crippen LogP contribution in [0.2, 0.25) is 0 Å². The van der Waals surface area contributed by atoms with Crippen LogP contribution in [0.4, 0.5) is 22.0 Å². The third kappa shape index (κ3) is 5.90. The highest BCUT2D eigenvalue weighted by atomic mass is 19.2. The number of imidazole rings is 1. The normalized spacial score (nSPS) is 11.1. The number of ether oxygens (including phenoxy) is 2. The summed E-state index contributed by atoms with van der Waals surface area (Å²) in [5.74, 6) is -8.53. The van der Waals surface area contributed by atoms with Gasteiger partial charge in [0, 0.05) is 31.2 Å². The molecule has 0 unspecified atom stereocenters. The number of methoxy groups -OCH3 is 1. The minimum Gasteiger partial charge on any atom is -0.478 e. The zero-order valence-electron chi connectivity index (χ0n) is 22.7. The van der Waals surface area contributed by atoms with Crippen molar-refractivity contribution in [1.82, 2.24) is 19.5 Å². The summed E-state index contributed by atoms with van der Waals surface area (Å²) in [5, 5.41) is 18.2. The van der Waals surface area contributed by atoms with Crippen LogP contribution in [-0.2, 0) is 24.3 Å². The molecule has 0 aliphatic carbocycles. The Morgan fingerprint density at radius 3 is 2.50 bits per heavy atom. The molecular formula is C30H20F5N5O4. The summed E-state index contributed by atoms with van der Waals surface area (Å²) in [6.07, 6.45) is 0.101. The van der Waals surface area contributed by atoms with E-state index in [2.05, 4.69) is 15.0 Å². The van der Waals surface area contributed by atoms with Gasteiger partial charge in [-0.15, -0.1) is 0 Å². The Kier molecular flexibility index (Phi) is 8.50. The van der Waals surface area contributed by atoms with Crippen molar-refractivity contribution in [1.29, 1.82) is 5.26 Å². The van der Waals surface area contributed by atoms with Gasteiger partial charge in [0.25, 0.3) is 5.88 Å². The average molecular weight is 610 g/mol. The molecule has 0 bridgehead atoms. The second-order valence-corrected chi connectivity index (χ2v) is 9.42. The fourth-order valence-corrected chi connectivity index (χ4v) is 4.45. The molecule has 14 heteroatoms. The number of hydrogen-bond acceptors (Lipinski definition) is 7. The van der Waals surface area contributed by atoms with E-state index >= 15 is 13.2 Å². The fraction of sp³-hybridized carbons (Fsp3) is 0.167. The van der Waals surface area contributed by atoms with Gasteiger partial charge >= 0.3 is 5.97 Å². The summed E-state index contributed by atoms with van der Waals surface area (Å²) < 4.78 is 86.5. The number of hydrogen-bond donors (Lipinski definition) is 1. The fourth-order valence-electron chi connectivity index (χ4n) is 4.45. The summed E-state index contributed by atoms with van der Waals surface area (Å²) in [5.41, 5.74) is -0.669. The summed E-state index contributed by atoms with van der Waals surface area (Å²) in [6, 6.07) is 10.1. The van der Waals surface area contributed by atoms with Crippen LogP contribution in [0.5, 0.6) is 5.88 Å². The lowest BCUT2D eigenvalue weighted by Gasteiger charge is -2.13. The van der Waals surface area contributed by atoms with Crippen LogP contribution >= 0.6 is 0 Å². The first kappa shape index (κ1) is 30.1. The molecule has 5 aromatic rings. The van der Waals surface area contributed by atoms with Gasteiger partial charge in [-0.3, -0.25) is 0 Å². The van der Waals surface area contributed by atoms with E-state index < -0.39 is 70.9 Å². The molecule has 0 saturated carbocycles. The average Bonchev–Trinajstić information content (AvgIpc) is 3.36. The zero-order valence-corrected chi connectivity index (χ0v) is 22.7. The summed E-state index contributed by atoms with van der Waals surface area (Å²) >= 11 is 0. The standard InChI is InChI=1S/C30H20F5N5O4/c1-43-7-6-40-24-9-16(30(41)42)4-5-23(24)38-25(40)11-18-21(32)10-19(27(35)26(18)34)28-37-13-22(33)29(39-28)44-14-17-3-2-15(12-36)8-20(17)31/h2-5,8-10,13H,6-7,11,14H2,1H3,(H,41,42). The van der Waals surface area contributed by atoms with Crippen molar-refractivity contribution < 1.29 is 41.3 Å². The van der Waals surface area contributed by atoms with Crippen LogP contribution in [0.3, 0.4) is 0 Å². The Morgan fingerprint density at radius 2 is 1.80 bits per heavy atom. The molecule has 44 heavy (non-hydrogen) atoms. The third-order valence-electron chi connectivity index (χ3n) is 6.68. The molecule has 2 aromatic heterocycles. The zero-order chi connectivity index (χ0) is 31.5. The van der Waals surface area contributed by atoms with Crippen LogP contribution < -0.4 is 4.74 Å². The predicted octanol–water partition coefficient (Wildman–Crippen LogP) is 5.57. The highest BCUT2D eigenvalue weighted by molar-refractivity contribution is 5.92. The molecular weight excluding hydrogens is 589 g/mol. The van der Waals surface area contributed by atoms with Gasteiger partial charge in [0.2, 0.25) is 5.82 Å². The first-order valence-electron chi connectivity index (χ1n) is 12.8. The van der Waals surface area contributed by atoms with Gasteiger partial charge in [0.05, 0.1) is 46.6 Å². The first-order chi connectivity index (χ1) is 21.1. The second kappa shape index (κ2) is 12.4. The van der Waals surface area contributed by atoms with Crippen molar-refractivity contribution in [3.05, 3.63) is 106 Å². The molecule has 2 heterocycles. The molecule has 0 radical (unpaired) electrons. The van der Waals surface area contributed by atoms with E-state index in [9.17, 15) is 18.7 Å². The number of nitriles is 1. The third-order valence-corrected chi connectivity index (χ3v) is 6.68. The number of nitrogens with zero attached hydrogens (tertiary/aromatic N) is 5. The quantitative estimate of drug-likeness (QED) is 0.161. The van der Waals surface area contributed by atoms with Crippen LogP contribution in [0.25, 0.3) is 22.4 Å². The Labute approximate surface area is 245 Å². The summed E-state index contributed by atoms with van der Waals surface area (Å²) in [7, 11) is 1.44. The Balaban J connectivity index is 1.47. The maximum atomic E-state index is 15.4. The lowest BCUT2D eigenvalue weighted by atomic mass is 10.1. The maximum Gasteiger partial charge on any atom is 0.335 e. The molecule has 224 valence electrons. The number of carboxylic acid groups (broad SMARTS) is 1. The van der Waals surface area contributed by atoms with E-state index in [4.69, 9.17) is 14.7 Å². The largest absolute Gasteiger partial charge is 0.478 e. The number of aromatic nitrogens is 4. The minimum absolute atomic E-state index is 0.0277. The van der Waals surface area contributed by atoms with E-state index in [0.717, 1.165) is 6.07 Å². The Bertz CT molecular complexity index is 1960. The molecule has 0 aliphatic heterocycles. The van der Waals surface area contributed by atoms with Gasteiger partial charge in [0.1, 0.15) is 24.1 Å². The maximum absolute atomic E-state index is 15.4. The van der Waals surface area contributed by atoms with E-state index in [-0.39, 0.29) is 35.7 Å². The molecule has 0 aliphatic rings. The summed E-state index contributed by atoms with van der Waals surface area (Å²) in [6.45, 7) is -0.195. The lowest BCUT2D eigenvalue weighted by Crippen LogP contribution is -2.12. The van der Waals surface area contributed by atoms with Crippen molar-refractivity contribution in [2.45, 2.75) is 19.6 Å². The van der Waals surface area contributed by atoms with Gasteiger partial charge in [-0.05, 0) is 36.4 Å². The van der Waals surface area contributed by atoms with Crippen molar-refractivity contribution in [3.8, 4) is 23.3 Å². The number of benzene rings is 3. The van der Waals surface area contributed by atoms with Crippen LogP contribution in [0.15, 0.2) is 48.7 Å². The number of rotatable bonds is 10. The predicted molar refractivity (Wildman–Crippen MR) is 144 cm³/mol. The highest BCUT2D eigenvalue weighted by Gasteiger charge is 2.25. The topological polar surface area (TPSA) is 123 Å². The van der Waals surface area contributed by atoms with Crippen LogP contribution in [0, 0.1) is 40.4 Å². The molecule has 5 rings (SSSR count). The number of aromatic carboxylic acids is 1. The van der Waals surface area contributed by atoms with Crippen LogP contribution in [-0.4, -0.2) is 44.3 Å². The van der Waals surface area contributed by atoms with Crippen molar-refractivity contribution >= 4 is 17.0 Å². The number of halogens is 5. The number of carbonyl (C=O) groups is 1. The van der Waals surface area contributed by atoms with Gasteiger partial charge < -0.3 is 19.1 Å². The van der Waals surface area contributed by atoms with E-state index in [1.165, 1.54) is 42.0 Å². The SMILES string of the molecule is COCCn1c(Cc2c(F)cc(-c3ncc(F)c(OCc4ccc(C#N)cc4F)n3)c(F)c2F)nc2ccc(C(=O)O)cc21. The first-order valence-corrected chi connectivity index (χ1v) is 12.8. The van der Waals surface area contributed by atoms with E-state index in [1.54, 1.807) is 6.07 Å². The highest BCUT2D eigenvalue weighted by Crippen LogP contribution is 2.30. The van der Waals surface area contributed by atoms with Gasteiger partial charge in [-0.25, -0.2) is 32.3 Å². The molecule has 0 fully saturated rings. The Hall–Kier alpha value is -5.42. The molecule has 9 nitrogen and oxygen atoms in total. The van der Waals surface area contributed by atoms with E-state index in [1.807, 2.05) is 0 Å². The molecule has 0 atom stereocenters. The van der Waals surface area contributed by atoms with Gasteiger partial charge in [-0.2, -0.15) is 14.6 Å². The number of fused-ring (bicyclic) bond motifs is 1. The van der Waals surface area contributed by atoms with E-state index in [0.29, 0.717) is 23.3 Å². The summed E-state index contributed by atoms with van der Waals surface area (Å²) in [4.78, 5) is 23.2. The van der Waals surface area contributed by atoms with Crippen molar-refractivity contribution in [2.75, 3.05) is 13.7 Å². The Morgan fingerprint density at radius 1 is 1.00 bits per heavy atom.